The third-order valence-electron chi connectivity index (χ3n) is 10.0. The number of rotatable bonds is 14. The first-order valence-corrected chi connectivity index (χ1v) is 23.8. The van der Waals surface area contributed by atoms with Crippen LogP contribution in [-0.2, 0) is 20.2 Å². The van der Waals surface area contributed by atoms with Crippen molar-refractivity contribution in [3.05, 3.63) is 130 Å². The summed E-state index contributed by atoms with van der Waals surface area (Å²) in [5.41, 5.74) is 7.82. The van der Waals surface area contributed by atoms with Crippen LogP contribution in [-0.4, -0.2) is 72.0 Å². The number of hydrogen-bond donors (Lipinski definition) is 8. The number of nitrogen functional groups attached to an aromatic ring is 1. The summed E-state index contributed by atoms with van der Waals surface area (Å²) in [6, 6.07) is 21.0. The highest BCUT2D eigenvalue weighted by Gasteiger charge is 2.26. The molecule has 0 radical (unpaired) electrons. The van der Waals surface area contributed by atoms with Crippen LogP contribution in [0.3, 0.4) is 0 Å². The van der Waals surface area contributed by atoms with Gasteiger partial charge in [-0.2, -0.15) is 36.9 Å². The standard InChI is InChI=1S/C43H33Cl2N15O9S2.CH4/c1-20-6-4-8-25(14-20)47-41-53-42(55-43(54-41)60-13-5-7-23(19-60)37(62)63)49-26-10-9-21(2)28(17-26)56-59-35-31(71(67,68)69)16-24-15-22(3)34(36(61)32(24)33(35)46)58-57-29-18-27(11-12-30(29)70(64,65)66)48-40-51-38(44)50-39(45)52-40;/h4-19H,1-3H3,(H8-,46,47,48,49,50,51,52,53,54,55,56,57,61,62,63,64,65,66,67,68,69);1H4/p+1. The lowest BCUT2D eigenvalue weighted by atomic mass is 10.0. The van der Waals surface area contributed by atoms with Gasteiger partial charge in [0.05, 0.1) is 34.7 Å². The summed E-state index contributed by atoms with van der Waals surface area (Å²) in [4.78, 5) is 35.3. The number of carboxylic acid groups (broad SMARTS) is 1. The van der Waals surface area contributed by atoms with E-state index in [1.165, 1.54) is 48.0 Å². The van der Waals surface area contributed by atoms with Gasteiger partial charge >= 0.3 is 23.8 Å². The molecular weight excluding hydrogens is 1020 g/mol. The van der Waals surface area contributed by atoms with Gasteiger partial charge in [-0.3, -0.25) is 9.11 Å². The number of benzene rings is 5. The van der Waals surface area contributed by atoms with E-state index in [9.17, 15) is 40.9 Å². The summed E-state index contributed by atoms with van der Waals surface area (Å²) < 4.78 is 72.2. The zero-order valence-electron chi connectivity index (χ0n) is 36.6. The first-order chi connectivity index (χ1) is 33.6. The summed E-state index contributed by atoms with van der Waals surface area (Å²) >= 11 is 11.7. The Bertz CT molecular complexity index is 3770. The number of halogens is 2. The molecule has 0 aliphatic heterocycles. The maximum Gasteiger partial charge on any atom is 0.444 e. The number of phenols is 1. The Morgan fingerprint density at radius 1 is 0.653 bits per heavy atom. The molecule has 368 valence electrons. The number of carbonyl (C=O) groups is 1. The minimum atomic E-state index is -5.05. The van der Waals surface area contributed by atoms with Crippen LogP contribution in [0.2, 0.25) is 10.6 Å². The molecule has 0 aliphatic rings. The fourth-order valence-electron chi connectivity index (χ4n) is 6.80. The van der Waals surface area contributed by atoms with Gasteiger partial charge in [-0.1, -0.05) is 25.6 Å². The molecule has 28 heteroatoms. The SMILES string of the molecule is C.Cc1cccc(Nc2nc(Nc3ccc(C)c(N=Nc4c(S(=O)(=O)O)cc5cc(C)c(N=Nc6cc(Nc7nc(Cl)nc(Cl)n7)ccc6S(=O)(=O)O)c(O)c5c4N)c3)nc(-[n+]3cccc(C(=O)O)c3)n2)c1. The van der Waals surface area contributed by atoms with Crippen molar-refractivity contribution in [2.45, 2.75) is 38.0 Å². The second kappa shape index (κ2) is 20.5. The number of nitrogens with zero attached hydrogens (tertiary/aromatic N) is 11. The van der Waals surface area contributed by atoms with E-state index in [4.69, 9.17) is 28.9 Å². The Labute approximate surface area is 419 Å². The van der Waals surface area contributed by atoms with Gasteiger partial charge in [0.25, 0.3) is 20.2 Å². The predicted octanol–water partition coefficient (Wildman–Crippen LogP) is 9.90. The molecule has 72 heavy (non-hydrogen) atoms. The Morgan fingerprint density at radius 3 is 1.86 bits per heavy atom. The van der Waals surface area contributed by atoms with Crippen molar-refractivity contribution >= 4 is 124 Å². The van der Waals surface area contributed by atoms with Crippen molar-refractivity contribution in [2.75, 3.05) is 21.7 Å². The monoisotopic (exact) mass is 1050 g/mol. The van der Waals surface area contributed by atoms with Gasteiger partial charge in [-0.05, 0) is 143 Å². The molecule has 8 rings (SSSR count). The maximum atomic E-state index is 12.9. The van der Waals surface area contributed by atoms with Crippen LogP contribution >= 0.6 is 23.2 Å². The fourth-order valence-corrected chi connectivity index (χ4v) is 8.44. The highest BCUT2D eigenvalue weighted by Crippen LogP contribution is 2.47. The zero-order valence-corrected chi connectivity index (χ0v) is 39.8. The quantitative estimate of drug-likeness (QED) is 0.0217. The molecule has 0 unspecified atom stereocenters. The van der Waals surface area contributed by atoms with Crippen molar-refractivity contribution in [1.29, 1.82) is 0 Å². The molecule has 0 atom stereocenters. The Morgan fingerprint density at radius 2 is 1.24 bits per heavy atom. The number of aromatic hydroxyl groups is 1. The largest absolute Gasteiger partial charge is 0.505 e. The van der Waals surface area contributed by atoms with Gasteiger partial charge in [0.15, 0.2) is 5.75 Å². The number of pyridine rings is 1. The van der Waals surface area contributed by atoms with E-state index in [-0.39, 0.29) is 80.7 Å². The summed E-state index contributed by atoms with van der Waals surface area (Å²) in [6.07, 6.45) is 2.90. The maximum absolute atomic E-state index is 12.9. The second-order valence-electron chi connectivity index (χ2n) is 15.2. The van der Waals surface area contributed by atoms with Crippen molar-refractivity contribution in [3.63, 3.8) is 0 Å². The topological polar surface area (TPSA) is 359 Å². The number of hydrogen-bond acceptors (Lipinski definition) is 20. The second-order valence-corrected chi connectivity index (χ2v) is 18.6. The van der Waals surface area contributed by atoms with Gasteiger partial charge in [0.1, 0.15) is 26.9 Å². The smallest absolute Gasteiger partial charge is 0.444 e. The van der Waals surface area contributed by atoms with Crippen LogP contribution < -0.4 is 26.3 Å². The number of fused-ring (bicyclic) bond motifs is 1. The minimum absolute atomic E-state index is 0. The molecule has 0 saturated heterocycles. The molecule has 0 fully saturated rings. The van der Waals surface area contributed by atoms with Crippen LogP contribution in [0.25, 0.3) is 16.7 Å². The lowest BCUT2D eigenvalue weighted by Gasteiger charge is -2.14. The Hall–Kier alpha value is -8.40. The van der Waals surface area contributed by atoms with Crippen molar-refractivity contribution < 1.29 is 45.5 Å². The molecule has 0 saturated carbocycles. The highest BCUT2D eigenvalue weighted by atomic mass is 35.5. The van der Waals surface area contributed by atoms with Crippen molar-refractivity contribution in [1.82, 2.24) is 29.9 Å². The van der Waals surface area contributed by atoms with Crippen LogP contribution in [0.5, 0.6) is 5.75 Å². The molecule has 0 bridgehead atoms. The number of nitrogens with one attached hydrogen (secondary N) is 3. The van der Waals surface area contributed by atoms with Crippen LogP contribution in [0.15, 0.2) is 128 Å². The van der Waals surface area contributed by atoms with E-state index in [2.05, 4.69) is 66.3 Å². The molecular formula is C44H38Cl2N15O9S2+. The molecule has 3 aromatic heterocycles. The van der Waals surface area contributed by atoms with E-state index in [0.717, 1.165) is 23.8 Å². The zero-order chi connectivity index (χ0) is 50.9. The van der Waals surface area contributed by atoms with Crippen LogP contribution in [0, 0.1) is 20.8 Å². The van der Waals surface area contributed by atoms with E-state index >= 15 is 0 Å². The van der Waals surface area contributed by atoms with E-state index in [1.54, 1.807) is 25.3 Å². The molecule has 24 nitrogen and oxygen atoms in total. The lowest BCUT2D eigenvalue weighted by Crippen LogP contribution is -2.34. The minimum Gasteiger partial charge on any atom is -0.505 e. The number of azo groups is 2. The molecule has 0 aliphatic carbocycles. The molecule has 0 amide bonds. The van der Waals surface area contributed by atoms with Gasteiger partial charge in [0, 0.05) is 17.1 Å². The Kier molecular flexibility index (Phi) is 14.7. The number of aromatic carboxylic acids is 1. The number of anilines is 7. The number of phenolic OH excluding ortho intramolecular Hbond substituents is 1. The predicted molar refractivity (Wildman–Crippen MR) is 266 cm³/mol. The van der Waals surface area contributed by atoms with Crippen LogP contribution in [0.1, 0.15) is 34.5 Å². The number of nitrogens with two attached hydrogens (primary N) is 1. The molecule has 9 N–H and O–H groups in total. The average Bonchev–Trinajstić information content (AvgIpc) is 3.28. The molecule has 0 spiro atoms. The third kappa shape index (κ3) is 11.6. The lowest BCUT2D eigenvalue weighted by molar-refractivity contribution is -0.603. The molecule has 8 aromatic rings. The summed E-state index contributed by atoms with van der Waals surface area (Å²) in [7, 11) is -9.94. The first-order valence-electron chi connectivity index (χ1n) is 20.2. The van der Waals surface area contributed by atoms with Crippen molar-refractivity contribution in [2.24, 2.45) is 20.5 Å². The van der Waals surface area contributed by atoms with E-state index in [1.807, 2.05) is 31.2 Å². The highest BCUT2D eigenvalue weighted by molar-refractivity contribution is 7.86. The third-order valence-corrected chi connectivity index (χ3v) is 12.2. The normalized spacial score (nSPS) is 11.8. The van der Waals surface area contributed by atoms with Gasteiger partial charge in [0.2, 0.25) is 16.5 Å². The summed E-state index contributed by atoms with van der Waals surface area (Å²) in [5.74, 6) is -1.76. The van der Waals surface area contributed by atoms with Gasteiger partial charge in [-0.15, -0.1) is 20.3 Å². The van der Waals surface area contributed by atoms with Crippen LogP contribution in [0.4, 0.5) is 63.3 Å². The summed E-state index contributed by atoms with van der Waals surface area (Å²) in [6.45, 7) is 5.07. The van der Waals surface area contributed by atoms with E-state index in [0.29, 0.717) is 16.9 Å². The fraction of sp³-hybridized carbons (Fsp3) is 0.0909. The first kappa shape index (κ1) is 51.5. The number of carboxylic acids is 1. The van der Waals surface area contributed by atoms with E-state index < -0.39 is 58.8 Å². The molecule has 3 heterocycles. The molecule has 5 aromatic carbocycles. The van der Waals surface area contributed by atoms with Gasteiger partial charge in [-0.25, -0.2) is 9.36 Å². The van der Waals surface area contributed by atoms with Crippen molar-refractivity contribution in [3.8, 4) is 11.7 Å². The average molecular weight is 1060 g/mol. The Balaban J connectivity index is 0.00000760. The summed E-state index contributed by atoms with van der Waals surface area (Å²) in [5, 5.41) is 46.2. The number of aryl methyl sites for hydroxylation is 3. The van der Waals surface area contributed by atoms with Gasteiger partial charge < -0.3 is 31.9 Å². The number of aromatic nitrogens is 7.